The topological polar surface area (TPSA) is 49.3 Å². The van der Waals surface area contributed by atoms with E-state index in [-0.39, 0.29) is 17.7 Å². The van der Waals surface area contributed by atoms with Crippen molar-refractivity contribution < 1.29 is 9.90 Å². The molecule has 3 nitrogen and oxygen atoms in total. The maximum atomic E-state index is 11.8. The van der Waals surface area contributed by atoms with Gasteiger partial charge in [-0.3, -0.25) is 4.79 Å². The van der Waals surface area contributed by atoms with E-state index in [2.05, 4.69) is 5.32 Å². The second-order valence-corrected chi connectivity index (χ2v) is 4.58. The van der Waals surface area contributed by atoms with Crippen LogP contribution in [0, 0.1) is 5.92 Å². The van der Waals surface area contributed by atoms with Crippen LogP contribution in [0.3, 0.4) is 0 Å². The van der Waals surface area contributed by atoms with E-state index in [4.69, 9.17) is 11.6 Å². The first-order valence-corrected chi connectivity index (χ1v) is 5.59. The molecule has 0 bridgehead atoms. The predicted molar refractivity (Wildman–Crippen MR) is 64.9 cm³/mol. The first kappa shape index (κ1) is 12.8. The summed E-state index contributed by atoms with van der Waals surface area (Å²) in [5.41, 5.74) is 0.300. The molecule has 1 amide bonds. The number of nitrogens with one attached hydrogen (secondary N) is 1. The van der Waals surface area contributed by atoms with E-state index in [1.165, 1.54) is 18.2 Å². The van der Waals surface area contributed by atoms with Gasteiger partial charge in [0, 0.05) is 6.04 Å². The average molecular weight is 242 g/mol. The summed E-state index contributed by atoms with van der Waals surface area (Å²) in [5.74, 6) is 0.119. The summed E-state index contributed by atoms with van der Waals surface area (Å²) in [7, 11) is 0. The van der Waals surface area contributed by atoms with Gasteiger partial charge in [-0.2, -0.15) is 0 Å². The van der Waals surface area contributed by atoms with Crippen molar-refractivity contribution in [3.05, 3.63) is 28.8 Å². The maximum Gasteiger partial charge on any atom is 0.253 e. The molecule has 0 fully saturated rings. The number of halogens is 1. The van der Waals surface area contributed by atoms with Crippen molar-refractivity contribution in [2.75, 3.05) is 0 Å². The molecule has 88 valence electrons. The highest BCUT2D eigenvalue weighted by Gasteiger charge is 2.15. The van der Waals surface area contributed by atoms with E-state index in [1.54, 1.807) is 0 Å². The van der Waals surface area contributed by atoms with Gasteiger partial charge in [0.15, 0.2) is 0 Å². The Morgan fingerprint density at radius 3 is 2.56 bits per heavy atom. The van der Waals surface area contributed by atoms with Gasteiger partial charge in [0.05, 0.1) is 10.6 Å². The monoisotopic (exact) mass is 241 g/mol. The van der Waals surface area contributed by atoms with Crippen molar-refractivity contribution in [3.63, 3.8) is 0 Å². The highest BCUT2D eigenvalue weighted by atomic mass is 35.5. The van der Waals surface area contributed by atoms with Gasteiger partial charge in [-0.25, -0.2) is 0 Å². The Morgan fingerprint density at radius 2 is 2.00 bits per heavy atom. The Balaban J connectivity index is 2.84. The molecule has 0 aliphatic carbocycles. The number of amides is 1. The molecule has 0 saturated heterocycles. The van der Waals surface area contributed by atoms with Crippen LogP contribution < -0.4 is 5.32 Å². The summed E-state index contributed by atoms with van der Waals surface area (Å²) in [5, 5.41) is 12.5. The second-order valence-electron chi connectivity index (χ2n) is 4.17. The number of phenols is 1. The quantitative estimate of drug-likeness (QED) is 0.855. The molecule has 1 rings (SSSR count). The molecule has 0 aromatic heterocycles. The van der Waals surface area contributed by atoms with E-state index < -0.39 is 0 Å². The lowest BCUT2D eigenvalue weighted by atomic mass is 10.1. The smallest absolute Gasteiger partial charge is 0.253 e. The van der Waals surface area contributed by atoms with Crippen molar-refractivity contribution in [1.29, 1.82) is 0 Å². The van der Waals surface area contributed by atoms with E-state index in [1.807, 2.05) is 20.8 Å². The molecule has 1 aromatic rings. The normalized spacial score (nSPS) is 12.6. The SMILES string of the molecule is CC(C)C(C)NC(=O)c1cc(O)ccc1Cl. The van der Waals surface area contributed by atoms with Crippen LogP contribution in [0.4, 0.5) is 0 Å². The number of hydrogen-bond donors (Lipinski definition) is 2. The minimum atomic E-state index is -0.262. The molecule has 0 spiro atoms. The van der Waals surface area contributed by atoms with Gasteiger partial charge in [-0.05, 0) is 31.0 Å². The molecule has 0 saturated carbocycles. The lowest BCUT2D eigenvalue weighted by molar-refractivity contribution is 0.0930. The molecule has 1 unspecified atom stereocenters. The molecular weight excluding hydrogens is 226 g/mol. The Bertz CT molecular complexity index is 391. The Morgan fingerprint density at radius 1 is 1.38 bits per heavy atom. The number of carbonyl (C=O) groups excluding carboxylic acids is 1. The van der Waals surface area contributed by atoms with Crippen LogP contribution in [-0.2, 0) is 0 Å². The van der Waals surface area contributed by atoms with Crippen LogP contribution >= 0.6 is 11.6 Å². The van der Waals surface area contributed by atoms with Gasteiger partial charge in [-0.15, -0.1) is 0 Å². The minimum absolute atomic E-state index is 0.0340. The fraction of sp³-hybridized carbons (Fsp3) is 0.417. The van der Waals surface area contributed by atoms with Crippen molar-refractivity contribution in [2.45, 2.75) is 26.8 Å². The average Bonchev–Trinajstić information content (AvgIpc) is 2.21. The highest BCUT2D eigenvalue weighted by Crippen LogP contribution is 2.21. The lowest BCUT2D eigenvalue weighted by Crippen LogP contribution is -2.36. The molecule has 1 atom stereocenters. The van der Waals surface area contributed by atoms with Gasteiger partial charge >= 0.3 is 0 Å². The summed E-state index contributed by atoms with van der Waals surface area (Å²) in [6, 6.07) is 4.38. The van der Waals surface area contributed by atoms with E-state index >= 15 is 0 Å². The lowest BCUT2D eigenvalue weighted by Gasteiger charge is -2.17. The van der Waals surface area contributed by atoms with E-state index in [0.29, 0.717) is 16.5 Å². The fourth-order valence-corrected chi connectivity index (χ4v) is 1.34. The number of rotatable bonds is 3. The van der Waals surface area contributed by atoms with E-state index in [0.717, 1.165) is 0 Å². The summed E-state index contributed by atoms with van der Waals surface area (Å²) < 4.78 is 0. The molecule has 1 aromatic carbocycles. The Kier molecular flexibility index (Phi) is 4.19. The molecule has 0 aliphatic heterocycles. The third kappa shape index (κ3) is 3.14. The molecule has 2 N–H and O–H groups in total. The number of aromatic hydroxyl groups is 1. The molecule has 0 heterocycles. The van der Waals surface area contributed by atoms with Crippen LogP contribution in [0.1, 0.15) is 31.1 Å². The van der Waals surface area contributed by atoms with E-state index in [9.17, 15) is 9.90 Å². The van der Waals surface area contributed by atoms with Gasteiger partial charge in [-0.1, -0.05) is 25.4 Å². The zero-order chi connectivity index (χ0) is 12.3. The fourth-order valence-electron chi connectivity index (χ4n) is 1.14. The second kappa shape index (κ2) is 5.21. The molecule has 4 heteroatoms. The number of carbonyl (C=O) groups is 1. The first-order valence-electron chi connectivity index (χ1n) is 5.21. The van der Waals surface area contributed by atoms with Gasteiger partial charge < -0.3 is 10.4 Å². The minimum Gasteiger partial charge on any atom is -0.508 e. The van der Waals surface area contributed by atoms with Crippen LogP contribution in [-0.4, -0.2) is 17.1 Å². The van der Waals surface area contributed by atoms with Crippen molar-refractivity contribution >= 4 is 17.5 Å². The van der Waals surface area contributed by atoms with Gasteiger partial charge in [0.2, 0.25) is 0 Å². The summed E-state index contributed by atoms with van der Waals surface area (Å²) in [6.07, 6.45) is 0. The van der Waals surface area contributed by atoms with Gasteiger partial charge in [0.25, 0.3) is 5.91 Å². The van der Waals surface area contributed by atoms with Crippen molar-refractivity contribution in [3.8, 4) is 5.75 Å². The summed E-state index contributed by atoms with van der Waals surface area (Å²) in [6.45, 7) is 5.98. The summed E-state index contributed by atoms with van der Waals surface area (Å²) >= 11 is 5.88. The molecular formula is C12H16ClNO2. The molecule has 16 heavy (non-hydrogen) atoms. The van der Waals surface area contributed by atoms with Gasteiger partial charge in [0.1, 0.15) is 5.75 Å². The zero-order valence-corrected chi connectivity index (χ0v) is 10.4. The third-order valence-electron chi connectivity index (χ3n) is 2.55. The summed E-state index contributed by atoms with van der Waals surface area (Å²) in [4.78, 5) is 11.8. The van der Waals surface area contributed by atoms with Crippen LogP contribution in [0.15, 0.2) is 18.2 Å². The van der Waals surface area contributed by atoms with Crippen LogP contribution in [0.25, 0.3) is 0 Å². The first-order chi connectivity index (χ1) is 7.41. The van der Waals surface area contributed by atoms with Crippen LogP contribution in [0.5, 0.6) is 5.75 Å². The zero-order valence-electron chi connectivity index (χ0n) is 9.62. The predicted octanol–water partition coefficient (Wildman–Crippen LogP) is 2.82. The molecule has 0 aliphatic rings. The number of benzene rings is 1. The number of hydrogen-bond acceptors (Lipinski definition) is 2. The van der Waals surface area contributed by atoms with Crippen molar-refractivity contribution in [1.82, 2.24) is 5.32 Å². The molecule has 0 radical (unpaired) electrons. The highest BCUT2D eigenvalue weighted by molar-refractivity contribution is 6.33. The Hall–Kier alpha value is -1.22. The van der Waals surface area contributed by atoms with Crippen LogP contribution in [0.2, 0.25) is 5.02 Å². The Labute approximate surface area is 100 Å². The maximum absolute atomic E-state index is 11.8. The largest absolute Gasteiger partial charge is 0.508 e. The number of phenolic OH excluding ortho intramolecular Hbond substituents is 1. The van der Waals surface area contributed by atoms with Crippen molar-refractivity contribution in [2.24, 2.45) is 5.92 Å². The third-order valence-corrected chi connectivity index (χ3v) is 2.88. The standard InChI is InChI=1S/C12H16ClNO2/c1-7(2)8(3)14-12(16)10-6-9(15)4-5-11(10)13/h4-8,15H,1-3H3,(H,14,16).